The zero-order valence-corrected chi connectivity index (χ0v) is 13.7. The second-order valence-corrected chi connectivity index (χ2v) is 5.45. The lowest BCUT2D eigenvalue weighted by Crippen LogP contribution is -2.12. The largest absolute Gasteiger partial charge is 0.0683 e. The normalized spacial score (nSPS) is 23.3. The maximum absolute atomic E-state index is 2.41. The molecular weight excluding hydrogens is 204 g/mol. The predicted octanol–water partition coefficient (Wildman–Crippen LogP) is 6.69. The smallest absolute Gasteiger partial charge is 0.0414 e. The summed E-state index contributed by atoms with van der Waals surface area (Å²) in [6, 6.07) is 0. The van der Waals surface area contributed by atoms with Crippen molar-refractivity contribution in [3.8, 4) is 0 Å². The molecule has 0 nitrogen and oxygen atoms in total. The Balaban J connectivity index is 0. The fourth-order valence-electron chi connectivity index (χ4n) is 2.43. The molecule has 0 heteroatoms. The molecule has 1 aliphatic rings. The van der Waals surface area contributed by atoms with Crippen LogP contribution >= 0.6 is 0 Å². The Bertz CT molecular complexity index is 118. The van der Waals surface area contributed by atoms with Crippen LogP contribution in [0, 0.1) is 17.8 Å². The van der Waals surface area contributed by atoms with Crippen LogP contribution in [0.1, 0.15) is 93.4 Å². The van der Waals surface area contributed by atoms with E-state index >= 15 is 0 Å². The summed E-state index contributed by atoms with van der Waals surface area (Å²) in [4.78, 5) is 0. The van der Waals surface area contributed by atoms with Crippen molar-refractivity contribution < 1.29 is 0 Å². The van der Waals surface area contributed by atoms with E-state index in [1.54, 1.807) is 0 Å². The molecule has 0 spiro atoms. The summed E-state index contributed by atoms with van der Waals surface area (Å²) in [5.74, 6) is 3.00. The van der Waals surface area contributed by atoms with Crippen LogP contribution in [-0.2, 0) is 0 Å². The van der Waals surface area contributed by atoms with Crippen LogP contribution in [0.2, 0.25) is 0 Å². The van der Waals surface area contributed by atoms with Crippen molar-refractivity contribution in [2.45, 2.75) is 93.4 Å². The molecule has 106 valence electrons. The van der Waals surface area contributed by atoms with Crippen LogP contribution in [-0.4, -0.2) is 0 Å². The zero-order valence-electron chi connectivity index (χ0n) is 13.7. The Hall–Kier alpha value is 0. The molecule has 0 aromatic carbocycles. The highest BCUT2D eigenvalue weighted by Gasteiger charge is 2.17. The molecule has 0 aromatic rings. The van der Waals surface area contributed by atoms with E-state index in [-0.39, 0.29) is 0 Å². The van der Waals surface area contributed by atoms with Crippen molar-refractivity contribution in [2.75, 3.05) is 0 Å². The van der Waals surface area contributed by atoms with Crippen LogP contribution in [0.5, 0.6) is 0 Å². The van der Waals surface area contributed by atoms with Gasteiger partial charge in [-0.15, -0.1) is 0 Å². The van der Waals surface area contributed by atoms with Crippen LogP contribution in [0.3, 0.4) is 0 Å². The van der Waals surface area contributed by atoms with Crippen molar-refractivity contribution in [3.63, 3.8) is 0 Å². The van der Waals surface area contributed by atoms with Gasteiger partial charge in [-0.3, -0.25) is 0 Å². The molecule has 0 bridgehead atoms. The summed E-state index contributed by atoms with van der Waals surface area (Å²) in [7, 11) is 0. The van der Waals surface area contributed by atoms with E-state index in [0.29, 0.717) is 0 Å². The van der Waals surface area contributed by atoms with Gasteiger partial charge in [-0.2, -0.15) is 0 Å². The van der Waals surface area contributed by atoms with Gasteiger partial charge in [0.1, 0.15) is 0 Å². The second-order valence-electron chi connectivity index (χ2n) is 5.45. The molecule has 1 fully saturated rings. The van der Waals surface area contributed by atoms with E-state index in [1.807, 2.05) is 27.7 Å². The van der Waals surface area contributed by atoms with Crippen molar-refractivity contribution in [2.24, 2.45) is 17.8 Å². The lowest BCUT2D eigenvalue weighted by atomic mass is 9.80. The molecular formula is C17H38. The van der Waals surface area contributed by atoms with E-state index in [4.69, 9.17) is 0 Å². The summed E-state index contributed by atoms with van der Waals surface area (Å²) < 4.78 is 0. The molecule has 0 aromatic heterocycles. The van der Waals surface area contributed by atoms with E-state index < -0.39 is 0 Å². The van der Waals surface area contributed by atoms with Gasteiger partial charge < -0.3 is 0 Å². The van der Waals surface area contributed by atoms with Gasteiger partial charge in [-0.1, -0.05) is 93.4 Å². The first-order valence-corrected chi connectivity index (χ1v) is 8.18. The van der Waals surface area contributed by atoms with Gasteiger partial charge in [-0.25, -0.2) is 0 Å². The Kier molecular flexibility index (Phi) is 16.0. The summed E-state index contributed by atoms with van der Waals surface area (Å²) in [6.45, 7) is 15.1. The van der Waals surface area contributed by atoms with E-state index in [0.717, 1.165) is 17.8 Å². The van der Waals surface area contributed by atoms with Gasteiger partial charge in [0.2, 0.25) is 0 Å². The molecule has 1 aliphatic carbocycles. The van der Waals surface area contributed by atoms with Gasteiger partial charge in [0.05, 0.1) is 0 Å². The van der Waals surface area contributed by atoms with Crippen LogP contribution in [0.15, 0.2) is 0 Å². The molecule has 0 saturated heterocycles. The van der Waals surface area contributed by atoms with Crippen molar-refractivity contribution in [3.05, 3.63) is 0 Å². The molecule has 0 unspecified atom stereocenters. The summed E-state index contributed by atoms with van der Waals surface area (Å²) >= 11 is 0. The highest BCUT2D eigenvalue weighted by atomic mass is 14.2. The summed E-state index contributed by atoms with van der Waals surface area (Å²) in [5, 5.41) is 0. The van der Waals surface area contributed by atoms with Crippen molar-refractivity contribution in [1.29, 1.82) is 0 Å². The number of hydrogen-bond acceptors (Lipinski definition) is 0. The highest BCUT2D eigenvalue weighted by Crippen LogP contribution is 2.31. The minimum atomic E-state index is 0.905. The van der Waals surface area contributed by atoms with Crippen molar-refractivity contribution >= 4 is 0 Å². The average Bonchev–Trinajstić information content (AvgIpc) is 2.36. The molecule has 0 heterocycles. The maximum Gasteiger partial charge on any atom is -0.0414 e. The molecule has 0 atom stereocenters. The molecule has 0 aliphatic heterocycles. The molecule has 1 rings (SSSR count). The molecule has 0 amide bonds. The third-order valence-electron chi connectivity index (χ3n) is 3.53. The summed E-state index contributed by atoms with van der Waals surface area (Å²) in [5.41, 5.74) is 0. The lowest BCUT2D eigenvalue weighted by molar-refractivity contribution is 0.269. The SMILES string of the molecule is CC.CC.CC(C)CCCC1CCC(C)CC1. The van der Waals surface area contributed by atoms with Gasteiger partial charge in [0.25, 0.3) is 0 Å². The van der Waals surface area contributed by atoms with Gasteiger partial charge >= 0.3 is 0 Å². The van der Waals surface area contributed by atoms with E-state index in [9.17, 15) is 0 Å². The Morgan fingerprint density at radius 1 is 0.882 bits per heavy atom. The third kappa shape index (κ3) is 12.2. The monoisotopic (exact) mass is 242 g/mol. The van der Waals surface area contributed by atoms with Crippen LogP contribution < -0.4 is 0 Å². The fourth-order valence-corrected chi connectivity index (χ4v) is 2.43. The minimum Gasteiger partial charge on any atom is -0.0683 e. The summed E-state index contributed by atoms with van der Waals surface area (Å²) in [6.07, 6.45) is 10.4. The Labute approximate surface area is 112 Å². The van der Waals surface area contributed by atoms with E-state index in [2.05, 4.69) is 20.8 Å². The molecule has 17 heavy (non-hydrogen) atoms. The zero-order chi connectivity index (χ0) is 13.7. The minimum absolute atomic E-state index is 0.905. The Morgan fingerprint density at radius 3 is 1.76 bits per heavy atom. The topological polar surface area (TPSA) is 0 Å². The van der Waals surface area contributed by atoms with Gasteiger partial charge in [0, 0.05) is 0 Å². The van der Waals surface area contributed by atoms with Crippen LogP contribution in [0.4, 0.5) is 0 Å². The average molecular weight is 242 g/mol. The number of rotatable bonds is 4. The molecule has 0 radical (unpaired) electrons. The standard InChI is InChI=1S/C13H26.2C2H6/c1-11(2)5-4-6-13-9-7-12(3)8-10-13;2*1-2/h11-13H,4-10H2,1-3H3;2*1-2H3. The first kappa shape index (κ1) is 19.3. The number of hydrogen-bond donors (Lipinski definition) is 0. The second kappa shape index (κ2) is 14.1. The molecule has 1 saturated carbocycles. The first-order chi connectivity index (χ1) is 8.18. The van der Waals surface area contributed by atoms with Gasteiger partial charge in [-0.05, 0) is 17.8 Å². The van der Waals surface area contributed by atoms with E-state index in [1.165, 1.54) is 44.9 Å². The third-order valence-corrected chi connectivity index (χ3v) is 3.53. The predicted molar refractivity (Wildman–Crippen MR) is 82.5 cm³/mol. The lowest BCUT2D eigenvalue weighted by Gasteiger charge is -2.26. The van der Waals surface area contributed by atoms with Crippen molar-refractivity contribution in [1.82, 2.24) is 0 Å². The quantitative estimate of drug-likeness (QED) is 0.515. The molecule has 0 N–H and O–H groups in total. The first-order valence-electron chi connectivity index (χ1n) is 8.18. The Morgan fingerprint density at radius 2 is 1.35 bits per heavy atom. The fraction of sp³-hybridized carbons (Fsp3) is 1.00. The highest BCUT2D eigenvalue weighted by molar-refractivity contribution is 4.70. The maximum atomic E-state index is 2.41. The van der Waals surface area contributed by atoms with Gasteiger partial charge in [0.15, 0.2) is 0 Å². The van der Waals surface area contributed by atoms with Crippen LogP contribution in [0.25, 0.3) is 0 Å².